The van der Waals surface area contributed by atoms with Crippen molar-refractivity contribution < 1.29 is 9.90 Å². The van der Waals surface area contributed by atoms with Gasteiger partial charge in [-0.3, -0.25) is 9.69 Å². The van der Waals surface area contributed by atoms with E-state index in [9.17, 15) is 9.90 Å². The number of carboxylic acid groups (broad SMARTS) is 1. The third-order valence-corrected chi connectivity index (χ3v) is 5.15. The summed E-state index contributed by atoms with van der Waals surface area (Å²) < 4.78 is 0. The molecule has 0 spiro atoms. The van der Waals surface area contributed by atoms with Crippen LogP contribution in [0.1, 0.15) is 59.3 Å². The maximum absolute atomic E-state index is 11.6. The Morgan fingerprint density at radius 2 is 2.11 bits per heavy atom. The molecule has 4 unspecified atom stereocenters. The molecule has 1 heterocycles. The third kappa shape index (κ3) is 2.65. The van der Waals surface area contributed by atoms with Crippen molar-refractivity contribution in [1.82, 2.24) is 10.2 Å². The van der Waals surface area contributed by atoms with Gasteiger partial charge in [-0.2, -0.15) is 0 Å². The quantitative estimate of drug-likeness (QED) is 0.803. The van der Waals surface area contributed by atoms with Gasteiger partial charge in [-0.15, -0.1) is 0 Å². The number of carbonyl (C=O) groups is 1. The van der Waals surface area contributed by atoms with Crippen LogP contribution in [-0.2, 0) is 4.79 Å². The molecule has 19 heavy (non-hydrogen) atoms. The second-order valence-electron chi connectivity index (χ2n) is 6.25. The molecule has 2 fully saturated rings. The van der Waals surface area contributed by atoms with Gasteiger partial charge in [-0.05, 0) is 52.0 Å². The predicted octanol–water partition coefficient (Wildman–Crippen LogP) is 2.23. The first-order valence-electron chi connectivity index (χ1n) is 7.80. The Hall–Kier alpha value is -0.610. The van der Waals surface area contributed by atoms with Crippen LogP contribution < -0.4 is 5.32 Å². The third-order valence-electron chi connectivity index (χ3n) is 5.15. The highest BCUT2D eigenvalue weighted by molar-refractivity contribution is 5.79. The van der Waals surface area contributed by atoms with Crippen molar-refractivity contribution in [1.29, 1.82) is 0 Å². The molecule has 0 aromatic heterocycles. The Morgan fingerprint density at radius 1 is 1.37 bits per heavy atom. The van der Waals surface area contributed by atoms with Gasteiger partial charge in [0.1, 0.15) is 5.54 Å². The Labute approximate surface area is 116 Å². The average molecular weight is 268 g/mol. The minimum absolute atomic E-state index is 0.442. The summed E-state index contributed by atoms with van der Waals surface area (Å²) in [6.07, 6.45) is 6.26. The largest absolute Gasteiger partial charge is 0.480 e. The molecule has 2 N–H and O–H groups in total. The molecule has 110 valence electrons. The van der Waals surface area contributed by atoms with Gasteiger partial charge in [0.25, 0.3) is 0 Å². The second-order valence-corrected chi connectivity index (χ2v) is 6.25. The lowest BCUT2D eigenvalue weighted by atomic mass is 9.97. The number of carboxylic acids is 1. The maximum Gasteiger partial charge on any atom is 0.323 e. The van der Waals surface area contributed by atoms with Crippen molar-refractivity contribution in [3.63, 3.8) is 0 Å². The van der Waals surface area contributed by atoms with Crippen LogP contribution >= 0.6 is 0 Å². The minimum atomic E-state index is -0.681. The minimum Gasteiger partial charge on any atom is -0.480 e. The fourth-order valence-electron chi connectivity index (χ4n) is 4.21. The molecular weight excluding hydrogens is 240 g/mol. The molecule has 4 nitrogen and oxygen atoms in total. The summed E-state index contributed by atoms with van der Waals surface area (Å²) in [5.74, 6) is -0.670. The first-order chi connectivity index (χ1) is 9.04. The highest BCUT2D eigenvalue weighted by Crippen LogP contribution is 2.39. The SMILES string of the molecule is CCNC1(C(=O)O)CCC(N2C(C)CCC2CC)C1. The van der Waals surface area contributed by atoms with E-state index in [1.165, 1.54) is 19.3 Å². The standard InChI is InChI=1S/C15H28N2O2/c1-4-12-7-6-11(3)17(12)13-8-9-15(10-13,14(18)19)16-5-2/h11-13,16H,4-10H2,1-3H3,(H,18,19). The van der Waals surface area contributed by atoms with E-state index in [1.807, 2.05) is 6.92 Å². The zero-order valence-electron chi connectivity index (χ0n) is 12.5. The molecule has 0 amide bonds. The molecular formula is C15H28N2O2. The lowest BCUT2D eigenvalue weighted by Crippen LogP contribution is -2.52. The van der Waals surface area contributed by atoms with Crippen molar-refractivity contribution in [2.45, 2.75) is 83.0 Å². The molecule has 1 aliphatic heterocycles. The van der Waals surface area contributed by atoms with Crippen LogP contribution in [0.15, 0.2) is 0 Å². The summed E-state index contributed by atoms with van der Waals surface area (Å²) in [5, 5.41) is 12.8. The monoisotopic (exact) mass is 268 g/mol. The second kappa shape index (κ2) is 5.80. The highest BCUT2D eigenvalue weighted by atomic mass is 16.4. The molecule has 0 bridgehead atoms. The topological polar surface area (TPSA) is 52.6 Å². The molecule has 1 aliphatic carbocycles. The van der Waals surface area contributed by atoms with Gasteiger partial charge in [-0.1, -0.05) is 13.8 Å². The number of aliphatic carboxylic acids is 1. The Balaban J connectivity index is 2.10. The molecule has 0 radical (unpaired) electrons. The van der Waals surface area contributed by atoms with Crippen molar-refractivity contribution in [3.05, 3.63) is 0 Å². The fraction of sp³-hybridized carbons (Fsp3) is 0.933. The summed E-state index contributed by atoms with van der Waals surface area (Å²) in [6.45, 7) is 7.26. The highest BCUT2D eigenvalue weighted by Gasteiger charge is 2.48. The smallest absolute Gasteiger partial charge is 0.323 e. The fourth-order valence-corrected chi connectivity index (χ4v) is 4.21. The van der Waals surface area contributed by atoms with E-state index >= 15 is 0 Å². The lowest BCUT2D eigenvalue weighted by Gasteiger charge is -2.35. The van der Waals surface area contributed by atoms with Crippen LogP contribution in [0.2, 0.25) is 0 Å². The number of likely N-dealkylation sites (tertiary alicyclic amines) is 1. The van der Waals surface area contributed by atoms with E-state index in [-0.39, 0.29) is 0 Å². The van der Waals surface area contributed by atoms with Gasteiger partial charge in [0.2, 0.25) is 0 Å². The summed E-state index contributed by atoms with van der Waals surface area (Å²) in [5.41, 5.74) is -0.681. The van der Waals surface area contributed by atoms with Crippen LogP contribution in [-0.4, -0.2) is 46.2 Å². The summed E-state index contributed by atoms with van der Waals surface area (Å²) in [7, 11) is 0. The average Bonchev–Trinajstić information content (AvgIpc) is 2.94. The zero-order chi connectivity index (χ0) is 14.0. The Kier molecular flexibility index (Phi) is 4.51. The van der Waals surface area contributed by atoms with Gasteiger partial charge in [-0.25, -0.2) is 0 Å². The number of nitrogens with one attached hydrogen (secondary N) is 1. The molecule has 2 rings (SSSR count). The molecule has 0 aromatic carbocycles. The maximum atomic E-state index is 11.6. The van der Waals surface area contributed by atoms with E-state index in [1.54, 1.807) is 0 Å². The molecule has 1 saturated carbocycles. The van der Waals surface area contributed by atoms with Crippen molar-refractivity contribution in [3.8, 4) is 0 Å². The van der Waals surface area contributed by atoms with Crippen LogP contribution in [0.4, 0.5) is 0 Å². The van der Waals surface area contributed by atoms with Crippen LogP contribution in [0.25, 0.3) is 0 Å². The number of hydrogen-bond acceptors (Lipinski definition) is 3. The number of nitrogens with zero attached hydrogens (tertiary/aromatic N) is 1. The first kappa shape index (κ1) is 14.8. The zero-order valence-corrected chi connectivity index (χ0v) is 12.5. The van der Waals surface area contributed by atoms with Gasteiger partial charge < -0.3 is 10.4 Å². The van der Waals surface area contributed by atoms with Gasteiger partial charge in [0.05, 0.1) is 0 Å². The van der Waals surface area contributed by atoms with Crippen molar-refractivity contribution in [2.24, 2.45) is 0 Å². The number of hydrogen-bond donors (Lipinski definition) is 2. The Morgan fingerprint density at radius 3 is 2.68 bits per heavy atom. The Bertz CT molecular complexity index is 334. The van der Waals surface area contributed by atoms with Gasteiger partial charge in [0, 0.05) is 18.1 Å². The van der Waals surface area contributed by atoms with E-state index < -0.39 is 11.5 Å². The van der Waals surface area contributed by atoms with E-state index in [0.29, 0.717) is 18.1 Å². The molecule has 1 saturated heterocycles. The van der Waals surface area contributed by atoms with Crippen LogP contribution in [0, 0.1) is 0 Å². The van der Waals surface area contributed by atoms with Crippen molar-refractivity contribution in [2.75, 3.05) is 6.54 Å². The van der Waals surface area contributed by atoms with Gasteiger partial charge in [0.15, 0.2) is 0 Å². The molecule has 2 aliphatic rings. The molecule has 4 atom stereocenters. The predicted molar refractivity (Wildman–Crippen MR) is 76.3 cm³/mol. The van der Waals surface area contributed by atoms with Gasteiger partial charge >= 0.3 is 5.97 Å². The summed E-state index contributed by atoms with van der Waals surface area (Å²) in [4.78, 5) is 14.2. The summed E-state index contributed by atoms with van der Waals surface area (Å²) in [6, 6.07) is 1.71. The van der Waals surface area contributed by atoms with Crippen LogP contribution in [0.5, 0.6) is 0 Å². The van der Waals surface area contributed by atoms with Crippen LogP contribution in [0.3, 0.4) is 0 Å². The van der Waals surface area contributed by atoms with Crippen molar-refractivity contribution >= 4 is 5.97 Å². The number of likely N-dealkylation sites (N-methyl/N-ethyl adjacent to an activating group) is 1. The first-order valence-corrected chi connectivity index (χ1v) is 7.80. The summed E-state index contributed by atoms with van der Waals surface area (Å²) >= 11 is 0. The molecule has 0 aromatic rings. The lowest BCUT2D eigenvalue weighted by molar-refractivity contribution is -0.144. The molecule has 4 heteroatoms. The normalized spacial score (nSPS) is 39.8. The number of rotatable bonds is 5. The van der Waals surface area contributed by atoms with E-state index in [0.717, 1.165) is 25.8 Å². The van der Waals surface area contributed by atoms with E-state index in [4.69, 9.17) is 0 Å². The van der Waals surface area contributed by atoms with E-state index in [2.05, 4.69) is 24.1 Å².